The molecule has 7 nitrogen and oxygen atoms in total. The number of nitrogens with one attached hydrogen (secondary N) is 1. The Labute approximate surface area is 128 Å². The predicted octanol–water partition coefficient (Wildman–Crippen LogP) is 2.88. The van der Waals surface area contributed by atoms with Gasteiger partial charge in [0.1, 0.15) is 5.69 Å². The van der Waals surface area contributed by atoms with Crippen molar-refractivity contribution in [3.05, 3.63) is 51.8 Å². The summed E-state index contributed by atoms with van der Waals surface area (Å²) in [5.74, 6) is -0.306. The van der Waals surface area contributed by atoms with E-state index >= 15 is 0 Å². The largest absolute Gasteiger partial charge is 0.321 e. The van der Waals surface area contributed by atoms with Crippen molar-refractivity contribution < 1.29 is 9.72 Å². The van der Waals surface area contributed by atoms with Gasteiger partial charge in [-0.2, -0.15) is 5.10 Å². The molecule has 0 saturated carbocycles. The Kier molecular flexibility index (Phi) is 3.99. The molecule has 1 heterocycles. The van der Waals surface area contributed by atoms with Gasteiger partial charge in [-0.25, -0.2) is 0 Å². The number of non-ortho nitro benzene ring substituents is 1. The van der Waals surface area contributed by atoms with Gasteiger partial charge in [0.25, 0.3) is 11.6 Å². The van der Waals surface area contributed by atoms with Crippen molar-refractivity contribution >= 4 is 17.3 Å². The van der Waals surface area contributed by atoms with Crippen molar-refractivity contribution in [1.82, 2.24) is 9.78 Å². The van der Waals surface area contributed by atoms with Crippen LogP contribution in [0.4, 0.5) is 11.4 Å². The van der Waals surface area contributed by atoms with Gasteiger partial charge in [-0.1, -0.05) is 20.8 Å². The number of hydrogen-bond donors (Lipinski definition) is 1. The molecule has 0 spiro atoms. The van der Waals surface area contributed by atoms with Crippen LogP contribution in [0, 0.1) is 10.1 Å². The second-order valence-electron chi connectivity index (χ2n) is 6.05. The summed E-state index contributed by atoms with van der Waals surface area (Å²) in [7, 11) is 1.71. The molecule has 0 aliphatic rings. The van der Waals surface area contributed by atoms with E-state index in [0.717, 1.165) is 5.69 Å². The summed E-state index contributed by atoms with van der Waals surface area (Å²) in [6.07, 6.45) is 0. The quantitative estimate of drug-likeness (QED) is 0.697. The van der Waals surface area contributed by atoms with Crippen molar-refractivity contribution in [3.63, 3.8) is 0 Å². The second kappa shape index (κ2) is 5.59. The first-order chi connectivity index (χ1) is 10.2. The highest BCUT2D eigenvalue weighted by Gasteiger charge is 2.21. The minimum absolute atomic E-state index is 0.0199. The lowest BCUT2D eigenvalue weighted by molar-refractivity contribution is -0.384. The number of nitrogens with zero attached hydrogens (tertiary/aromatic N) is 3. The maximum Gasteiger partial charge on any atom is 0.273 e. The third-order valence-corrected chi connectivity index (χ3v) is 3.22. The van der Waals surface area contributed by atoms with Crippen LogP contribution in [0.2, 0.25) is 0 Å². The number of carbonyl (C=O) groups is 1. The summed E-state index contributed by atoms with van der Waals surface area (Å²) in [5, 5.41) is 17.7. The van der Waals surface area contributed by atoms with Gasteiger partial charge in [0.2, 0.25) is 0 Å². The summed E-state index contributed by atoms with van der Waals surface area (Å²) in [6, 6.07) is 7.44. The number of nitro groups is 1. The van der Waals surface area contributed by atoms with Gasteiger partial charge in [-0.3, -0.25) is 19.6 Å². The first kappa shape index (κ1) is 15.7. The summed E-state index contributed by atoms with van der Waals surface area (Å²) < 4.78 is 1.53. The number of benzene rings is 1. The number of anilines is 1. The molecule has 0 radical (unpaired) electrons. The molecule has 0 aliphatic carbocycles. The highest BCUT2D eigenvalue weighted by atomic mass is 16.6. The number of aromatic nitrogens is 2. The molecule has 0 aliphatic heterocycles. The van der Waals surface area contributed by atoms with Crippen LogP contribution in [0.1, 0.15) is 37.0 Å². The minimum Gasteiger partial charge on any atom is -0.321 e. The summed E-state index contributed by atoms with van der Waals surface area (Å²) in [5.41, 5.74) is 1.58. The topological polar surface area (TPSA) is 90.1 Å². The molecular formula is C15H18N4O3. The zero-order chi connectivity index (χ0) is 16.5. The Morgan fingerprint density at radius 3 is 2.32 bits per heavy atom. The normalized spacial score (nSPS) is 11.3. The van der Waals surface area contributed by atoms with E-state index < -0.39 is 4.92 Å². The first-order valence-electron chi connectivity index (χ1n) is 6.79. The van der Waals surface area contributed by atoms with E-state index in [2.05, 4.69) is 10.4 Å². The van der Waals surface area contributed by atoms with E-state index in [1.165, 1.54) is 28.9 Å². The van der Waals surface area contributed by atoms with Crippen molar-refractivity contribution in [2.45, 2.75) is 26.2 Å². The maximum absolute atomic E-state index is 12.3. The van der Waals surface area contributed by atoms with Gasteiger partial charge in [0, 0.05) is 30.3 Å². The fourth-order valence-corrected chi connectivity index (χ4v) is 1.91. The van der Waals surface area contributed by atoms with Crippen LogP contribution < -0.4 is 5.32 Å². The number of carbonyl (C=O) groups excluding carboxylic acids is 1. The molecule has 22 heavy (non-hydrogen) atoms. The third kappa shape index (κ3) is 3.30. The van der Waals surface area contributed by atoms with Crippen LogP contribution in [0.3, 0.4) is 0 Å². The van der Waals surface area contributed by atoms with E-state index in [4.69, 9.17) is 0 Å². The molecule has 1 N–H and O–H groups in total. The number of rotatable bonds is 3. The van der Waals surface area contributed by atoms with E-state index in [0.29, 0.717) is 11.4 Å². The monoisotopic (exact) mass is 302 g/mol. The lowest BCUT2D eigenvalue weighted by atomic mass is 9.92. The van der Waals surface area contributed by atoms with Crippen LogP contribution >= 0.6 is 0 Å². The molecule has 1 aromatic heterocycles. The van der Waals surface area contributed by atoms with Crippen molar-refractivity contribution in [1.29, 1.82) is 0 Å². The Morgan fingerprint density at radius 2 is 1.86 bits per heavy atom. The van der Waals surface area contributed by atoms with Gasteiger partial charge >= 0.3 is 0 Å². The van der Waals surface area contributed by atoms with Gasteiger partial charge in [-0.15, -0.1) is 0 Å². The first-order valence-corrected chi connectivity index (χ1v) is 6.79. The Bertz CT molecular complexity index is 711. The highest BCUT2D eigenvalue weighted by molar-refractivity contribution is 6.03. The number of nitro benzene ring substituents is 1. The van der Waals surface area contributed by atoms with Crippen molar-refractivity contribution in [3.8, 4) is 0 Å². The van der Waals surface area contributed by atoms with Crippen LogP contribution in [-0.2, 0) is 12.5 Å². The predicted molar refractivity (Wildman–Crippen MR) is 83.0 cm³/mol. The maximum atomic E-state index is 12.3. The molecule has 0 saturated heterocycles. The fraction of sp³-hybridized carbons (Fsp3) is 0.333. The van der Waals surface area contributed by atoms with E-state index in [1.54, 1.807) is 13.1 Å². The molecule has 2 rings (SSSR count). The molecule has 1 aromatic carbocycles. The summed E-state index contributed by atoms with van der Waals surface area (Å²) in [6.45, 7) is 6.06. The van der Waals surface area contributed by atoms with Crippen molar-refractivity contribution in [2.75, 3.05) is 5.32 Å². The van der Waals surface area contributed by atoms with Crippen LogP contribution in [0.15, 0.2) is 30.3 Å². The van der Waals surface area contributed by atoms with E-state index in [9.17, 15) is 14.9 Å². The Morgan fingerprint density at radius 1 is 1.27 bits per heavy atom. The Hall–Kier alpha value is -2.70. The second-order valence-corrected chi connectivity index (χ2v) is 6.05. The molecular weight excluding hydrogens is 284 g/mol. The smallest absolute Gasteiger partial charge is 0.273 e. The zero-order valence-corrected chi connectivity index (χ0v) is 13.0. The van der Waals surface area contributed by atoms with Crippen LogP contribution in [-0.4, -0.2) is 20.6 Å². The molecule has 0 unspecified atom stereocenters. The third-order valence-electron chi connectivity index (χ3n) is 3.22. The number of amides is 1. The summed E-state index contributed by atoms with van der Waals surface area (Å²) in [4.78, 5) is 22.4. The van der Waals surface area contributed by atoms with Crippen molar-refractivity contribution in [2.24, 2.45) is 7.05 Å². The van der Waals surface area contributed by atoms with Crippen LogP contribution in [0.5, 0.6) is 0 Å². The minimum atomic E-state index is -0.484. The van der Waals surface area contributed by atoms with Gasteiger partial charge < -0.3 is 5.32 Å². The molecule has 116 valence electrons. The molecule has 1 amide bonds. The fourth-order valence-electron chi connectivity index (χ4n) is 1.91. The lowest BCUT2D eigenvalue weighted by Crippen LogP contribution is -2.16. The Balaban J connectivity index is 2.19. The van der Waals surface area contributed by atoms with E-state index in [1.807, 2.05) is 20.8 Å². The van der Waals surface area contributed by atoms with E-state index in [-0.39, 0.29) is 17.0 Å². The molecule has 0 atom stereocenters. The van der Waals surface area contributed by atoms with Crippen LogP contribution in [0.25, 0.3) is 0 Å². The number of aryl methyl sites for hydroxylation is 1. The average Bonchev–Trinajstić information content (AvgIpc) is 2.81. The summed E-state index contributed by atoms with van der Waals surface area (Å²) >= 11 is 0. The molecule has 0 fully saturated rings. The molecule has 0 bridgehead atoms. The van der Waals surface area contributed by atoms with Gasteiger partial charge in [0.15, 0.2) is 0 Å². The molecule has 7 heteroatoms. The SMILES string of the molecule is Cn1nc(C(C)(C)C)cc1C(=O)Nc1ccc([N+](=O)[O-])cc1. The van der Waals surface area contributed by atoms with Gasteiger partial charge in [0.05, 0.1) is 10.6 Å². The lowest BCUT2D eigenvalue weighted by Gasteiger charge is -2.13. The molecule has 2 aromatic rings. The highest BCUT2D eigenvalue weighted by Crippen LogP contribution is 2.22. The standard InChI is InChI=1S/C15H18N4O3/c1-15(2,3)13-9-12(18(4)17-13)14(20)16-10-5-7-11(8-6-10)19(21)22/h5-9H,1-4H3,(H,16,20). The zero-order valence-electron chi connectivity index (χ0n) is 13.0. The average molecular weight is 302 g/mol. The number of hydrogen-bond acceptors (Lipinski definition) is 4. The van der Waals surface area contributed by atoms with Gasteiger partial charge in [-0.05, 0) is 18.2 Å².